The minimum Gasteiger partial charge on any atom is -0.496 e. The van der Waals surface area contributed by atoms with Crippen LogP contribution in [0.25, 0.3) is 0 Å². The highest BCUT2D eigenvalue weighted by Crippen LogP contribution is 2.26. The second-order valence-corrected chi connectivity index (χ2v) is 6.11. The maximum absolute atomic E-state index is 12.8. The number of ketones is 1. The van der Waals surface area contributed by atoms with Gasteiger partial charge < -0.3 is 9.47 Å². The lowest BCUT2D eigenvalue weighted by molar-refractivity contribution is -0.134. The van der Waals surface area contributed by atoms with Gasteiger partial charge in [-0.1, -0.05) is 23.8 Å². The highest BCUT2D eigenvalue weighted by Gasteiger charge is 2.35. The fraction of sp³-hybridized carbons (Fsp3) is 0.250. The molecule has 2 aromatic rings. The number of hydrogen-bond donors (Lipinski definition) is 0. The minimum atomic E-state index is -0.866. The summed E-state index contributed by atoms with van der Waals surface area (Å²) in [6.07, 6.45) is -0.866. The number of imide groups is 1. The molecule has 3 rings (SSSR count). The Morgan fingerprint density at radius 3 is 2.65 bits per heavy atom. The average Bonchev–Trinajstić information content (AvgIpc) is 2.72. The monoisotopic (exact) mass is 353 g/mol. The third kappa shape index (κ3) is 3.18. The summed E-state index contributed by atoms with van der Waals surface area (Å²) in [6.45, 7) is 3.03. The van der Waals surface area contributed by atoms with Gasteiger partial charge in [-0.15, -0.1) is 0 Å². The predicted molar refractivity (Wildman–Crippen MR) is 94.6 cm³/mol. The van der Waals surface area contributed by atoms with Crippen LogP contribution in [0.1, 0.15) is 33.2 Å². The van der Waals surface area contributed by atoms with Gasteiger partial charge in [0.25, 0.3) is 11.8 Å². The highest BCUT2D eigenvalue weighted by atomic mass is 16.5. The molecule has 0 saturated carbocycles. The number of carbonyl (C=O) groups is 3. The number of methoxy groups -OCH3 is 1. The topological polar surface area (TPSA) is 72.9 Å². The van der Waals surface area contributed by atoms with Gasteiger partial charge in [-0.05, 0) is 38.1 Å². The molecular weight excluding hydrogens is 334 g/mol. The Morgan fingerprint density at radius 1 is 1.19 bits per heavy atom. The fourth-order valence-corrected chi connectivity index (χ4v) is 2.87. The summed E-state index contributed by atoms with van der Waals surface area (Å²) >= 11 is 0. The molecule has 0 aromatic heterocycles. The van der Waals surface area contributed by atoms with Gasteiger partial charge in [-0.2, -0.15) is 0 Å². The van der Waals surface area contributed by atoms with Crippen LogP contribution in [0.15, 0.2) is 42.5 Å². The summed E-state index contributed by atoms with van der Waals surface area (Å²) in [4.78, 5) is 39.2. The number of nitrogens with zero attached hydrogens (tertiary/aromatic N) is 1. The SMILES string of the molecule is COc1ccc(C)cc1C(=O)CN1C(=O)c2ccccc2O[C@@H](C)C1=O. The van der Waals surface area contributed by atoms with Crippen LogP contribution in [-0.2, 0) is 4.79 Å². The first-order chi connectivity index (χ1) is 12.4. The first-order valence-corrected chi connectivity index (χ1v) is 8.21. The number of ether oxygens (including phenoxy) is 2. The molecule has 0 radical (unpaired) electrons. The van der Waals surface area contributed by atoms with E-state index in [4.69, 9.17) is 9.47 Å². The van der Waals surface area contributed by atoms with Crippen LogP contribution in [0.2, 0.25) is 0 Å². The third-order valence-corrected chi connectivity index (χ3v) is 4.24. The Labute approximate surface area is 151 Å². The smallest absolute Gasteiger partial charge is 0.270 e. The fourth-order valence-electron chi connectivity index (χ4n) is 2.87. The van der Waals surface area contributed by atoms with Crippen LogP contribution >= 0.6 is 0 Å². The summed E-state index contributed by atoms with van der Waals surface area (Å²) in [5.74, 6) is -0.735. The quantitative estimate of drug-likeness (QED) is 0.624. The van der Waals surface area contributed by atoms with Crippen molar-refractivity contribution < 1.29 is 23.9 Å². The summed E-state index contributed by atoms with van der Waals surface area (Å²) in [7, 11) is 1.47. The van der Waals surface area contributed by atoms with Gasteiger partial charge in [0.15, 0.2) is 11.9 Å². The van der Waals surface area contributed by atoms with E-state index in [9.17, 15) is 14.4 Å². The maximum Gasteiger partial charge on any atom is 0.270 e. The molecule has 0 bridgehead atoms. The molecule has 6 heteroatoms. The zero-order valence-corrected chi connectivity index (χ0v) is 14.8. The van der Waals surface area contributed by atoms with Crippen molar-refractivity contribution in [1.29, 1.82) is 0 Å². The van der Waals surface area contributed by atoms with Gasteiger partial charge in [0.05, 0.1) is 24.8 Å². The van der Waals surface area contributed by atoms with E-state index in [1.54, 1.807) is 43.3 Å². The van der Waals surface area contributed by atoms with E-state index in [1.807, 2.05) is 13.0 Å². The van der Waals surface area contributed by atoms with Crippen molar-refractivity contribution in [3.63, 3.8) is 0 Å². The maximum atomic E-state index is 12.8. The van der Waals surface area contributed by atoms with Crippen LogP contribution < -0.4 is 9.47 Å². The number of fused-ring (bicyclic) bond motifs is 1. The first-order valence-electron chi connectivity index (χ1n) is 8.21. The minimum absolute atomic E-state index is 0.259. The Morgan fingerprint density at radius 2 is 1.92 bits per heavy atom. The van der Waals surface area contributed by atoms with Crippen LogP contribution in [0.3, 0.4) is 0 Å². The van der Waals surface area contributed by atoms with E-state index in [-0.39, 0.29) is 17.9 Å². The molecule has 134 valence electrons. The summed E-state index contributed by atoms with van der Waals surface area (Å²) in [5, 5.41) is 0. The Balaban J connectivity index is 1.95. The van der Waals surface area contributed by atoms with Gasteiger partial charge in [-0.25, -0.2) is 0 Å². The van der Waals surface area contributed by atoms with Crippen molar-refractivity contribution in [3.8, 4) is 11.5 Å². The van der Waals surface area contributed by atoms with Crippen molar-refractivity contribution >= 4 is 17.6 Å². The lowest BCUT2D eigenvalue weighted by atomic mass is 10.1. The summed E-state index contributed by atoms with van der Waals surface area (Å²) < 4.78 is 10.8. The number of para-hydroxylation sites is 1. The van der Waals surface area contributed by atoms with Crippen molar-refractivity contribution in [2.45, 2.75) is 20.0 Å². The molecule has 26 heavy (non-hydrogen) atoms. The van der Waals surface area contributed by atoms with Crippen LogP contribution in [0.4, 0.5) is 0 Å². The van der Waals surface area contributed by atoms with Crippen LogP contribution in [0, 0.1) is 6.92 Å². The molecule has 0 fully saturated rings. The number of Topliss-reactive ketones (excluding diaryl/α,β-unsaturated/α-hetero) is 1. The van der Waals surface area contributed by atoms with Gasteiger partial charge in [0, 0.05) is 0 Å². The molecule has 1 atom stereocenters. The average molecular weight is 353 g/mol. The van der Waals surface area contributed by atoms with E-state index in [2.05, 4.69) is 0 Å². The molecule has 1 aliphatic rings. The van der Waals surface area contributed by atoms with E-state index >= 15 is 0 Å². The van der Waals surface area contributed by atoms with Gasteiger partial charge in [0.1, 0.15) is 11.5 Å². The second kappa shape index (κ2) is 7.00. The van der Waals surface area contributed by atoms with E-state index in [0.29, 0.717) is 17.1 Å². The standard InChI is InChI=1S/C20H19NO5/c1-12-8-9-17(25-3)15(10-12)16(22)11-21-19(23)13(2)26-18-7-5-4-6-14(18)20(21)24/h4-10,13H,11H2,1-3H3/t13-/m0/s1. The third-order valence-electron chi connectivity index (χ3n) is 4.24. The lowest BCUT2D eigenvalue weighted by Crippen LogP contribution is -2.44. The largest absolute Gasteiger partial charge is 0.496 e. The zero-order chi connectivity index (χ0) is 18.8. The Kier molecular flexibility index (Phi) is 4.75. The summed E-state index contributed by atoms with van der Waals surface area (Å²) in [6, 6.07) is 11.8. The number of benzene rings is 2. The number of hydrogen-bond acceptors (Lipinski definition) is 5. The first kappa shape index (κ1) is 17.7. The Hall–Kier alpha value is -3.15. The summed E-state index contributed by atoms with van der Waals surface area (Å²) in [5.41, 5.74) is 1.47. The van der Waals surface area contributed by atoms with Crippen molar-refractivity contribution in [2.75, 3.05) is 13.7 Å². The van der Waals surface area contributed by atoms with Crippen LogP contribution in [-0.4, -0.2) is 42.3 Å². The molecule has 0 saturated heterocycles. The molecule has 1 aliphatic heterocycles. The predicted octanol–water partition coefficient (Wildman–Crippen LogP) is 2.64. The van der Waals surface area contributed by atoms with Gasteiger partial charge in [0.2, 0.25) is 0 Å². The molecule has 0 aliphatic carbocycles. The molecule has 2 aromatic carbocycles. The molecule has 1 heterocycles. The van der Waals surface area contributed by atoms with Crippen LogP contribution in [0.5, 0.6) is 11.5 Å². The van der Waals surface area contributed by atoms with E-state index < -0.39 is 17.9 Å². The zero-order valence-electron chi connectivity index (χ0n) is 14.8. The number of aryl methyl sites for hydroxylation is 1. The van der Waals surface area contributed by atoms with Crippen molar-refractivity contribution in [1.82, 2.24) is 4.90 Å². The molecule has 0 N–H and O–H groups in total. The highest BCUT2D eigenvalue weighted by molar-refractivity contribution is 6.12. The van der Waals surface area contributed by atoms with Gasteiger partial charge >= 0.3 is 0 Å². The van der Waals surface area contributed by atoms with E-state index in [1.165, 1.54) is 7.11 Å². The lowest BCUT2D eigenvalue weighted by Gasteiger charge is -2.20. The normalized spacial score (nSPS) is 16.6. The molecule has 0 unspecified atom stereocenters. The van der Waals surface area contributed by atoms with Crippen molar-refractivity contribution in [2.24, 2.45) is 0 Å². The molecule has 0 spiro atoms. The molecule has 6 nitrogen and oxygen atoms in total. The van der Waals surface area contributed by atoms with Gasteiger partial charge in [-0.3, -0.25) is 19.3 Å². The number of carbonyl (C=O) groups excluding carboxylic acids is 3. The molecule has 2 amide bonds. The van der Waals surface area contributed by atoms with Crippen molar-refractivity contribution in [3.05, 3.63) is 59.2 Å². The number of amides is 2. The number of rotatable bonds is 4. The Bertz CT molecular complexity index is 890. The molecular formula is C20H19NO5. The second-order valence-electron chi connectivity index (χ2n) is 6.11. The van der Waals surface area contributed by atoms with E-state index in [0.717, 1.165) is 10.5 Å².